The molecule has 0 unspecified atom stereocenters. The fourth-order valence-electron chi connectivity index (χ4n) is 4.66. The van der Waals surface area contributed by atoms with Crippen LogP contribution in [0.4, 0.5) is 0 Å². The van der Waals surface area contributed by atoms with Crippen molar-refractivity contribution in [2.75, 3.05) is 6.61 Å². The van der Waals surface area contributed by atoms with E-state index in [0.29, 0.717) is 5.57 Å². The first-order valence-corrected chi connectivity index (χ1v) is 13.6. The summed E-state index contributed by atoms with van der Waals surface area (Å²) in [6, 6.07) is 24.4. The van der Waals surface area contributed by atoms with Gasteiger partial charge >= 0.3 is 23.6 Å². The van der Waals surface area contributed by atoms with Crippen LogP contribution >= 0.6 is 0 Å². The van der Waals surface area contributed by atoms with Gasteiger partial charge in [-0.1, -0.05) is 61.2 Å². The van der Waals surface area contributed by atoms with E-state index in [9.17, 15) is 24.0 Å². The largest absolute Gasteiger partial charge is 0.459 e. The highest BCUT2D eigenvalue weighted by atomic mass is 16.7. The molecule has 1 aliphatic heterocycles. The highest BCUT2D eigenvalue weighted by molar-refractivity contribution is 5.91. The van der Waals surface area contributed by atoms with Crippen LogP contribution in [-0.4, -0.2) is 52.4 Å². The number of hydrogen-bond acceptors (Lipinski definition) is 9. The fourth-order valence-corrected chi connectivity index (χ4v) is 4.66. The lowest BCUT2D eigenvalue weighted by molar-refractivity contribution is -0.0640. The van der Waals surface area contributed by atoms with Crippen LogP contribution in [0.25, 0.3) is 5.57 Å². The van der Waals surface area contributed by atoms with Gasteiger partial charge < -0.3 is 18.9 Å². The van der Waals surface area contributed by atoms with Crippen molar-refractivity contribution in [3.8, 4) is 0 Å². The van der Waals surface area contributed by atoms with Gasteiger partial charge in [-0.15, -0.1) is 0 Å². The van der Waals surface area contributed by atoms with E-state index in [0.717, 1.165) is 4.57 Å². The van der Waals surface area contributed by atoms with Gasteiger partial charge in [0.1, 0.15) is 12.7 Å². The first-order chi connectivity index (χ1) is 21.2. The Kier molecular flexibility index (Phi) is 8.96. The van der Waals surface area contributed by atoms with Crippen molar-refractivity contribution in [3.63, 3.8) is 0 Å². The monoisotopic (exact) mass is 596 g/mol. The number of carbonyl (C=O) groups is 3. The molecular formula is C33H28N2O9. The van der Waals surface area contributed by atoms with Gasteiger partial charge in [0, 0.05) is 6.20 Å². The molecule has 5 rings (SSSR count). The number of nitrogens with zero attached hydrogens (tertiary/aromatic N) is 1. The summed E-state index contributed by atoms with van der Waals surface area (Å²) in [5.41, 5.74) is -0.440. The number of ether oxygens (including phenoxy) is 4. The Morgan fingerprint density at radius 3 is 1.75 bits per heavy atom. The van der Waals surface area contributed by atoms with E-state index in [1.807, 2.05) is 0 Å². The number of rotatable bonds is 9. The fraction of sp³-hybridized carbons (Fsp3) is 0.182. The molecule has 4 aromatic rings. The normalized spacial score (nSPS) is 19.1. The zero-order chi connectivity index (χ0) is 31.2. The summed E-state index contributed by atoms with van der Waals surface area (Å²) in [5.74, 6) is -2.23. The number of allylic oxidation sites excluding steroid dienone is 1. The maximum atomic E-state index is 13.3. The summed E-state index contributed by atoms with van der Waals surface area (Å²) < 4.78 is 24.4. The maximum absolute atomic E-state index is 13.3. The second-order valence-corrected chi connectivity index (χ2v) is 9.99. The van der Waals surface area contributed by atoms with Crippen molar-refractivity contribution in [2.24, 2.45) is 0 Å². The Hall–Kier alpha value is -5.55. The summed E-state index contributed by atoms with van der Waals surface area (Å²) in [5, 5.41) is 0. The maximum Gasteiger partial charge on any atom is 0.338 e. The van der Waals surface area contributed by atoms with Crippen LogP contribution in [0.1, 0.15) is 49.8 Å². The predicted octanol–water partition coefficient (Wildman–Crippen LogP) is 3.78. The van der Waals surface area contributed by atoms with E-state index in [4.69, 9.17) is 18.9 Å². The average molecular weight is 597 g/mol. The minimum atomic E-state index is -1.42. The second kappa shape index (κ2) is 13.2. The SMILES string of the molecule is C=C(C)c1cn([C@@H]2O[C@H](COC(=O)c3ccccc3)[C@@H](OC(=O)c3ccccc3)[C@H]2OC(=O)c2ccccc2)c(=O)[nH]c1=O. The Bertz CT molecular complexity index is 1780. The molecule has 0 radical (unpaired) electrons. The van der Waals surface area contributed by atoms with Crippen molar-refractivity contribution in [1.82, 2.24) is 9.55 Å². The summed E-state index contributed by atoms with van der Waals surface area (Å²) >= 11 is 0. The quantitative estimate of drug-likeness (QED) is 0.226. The van der Waals surface area contributed by atoms with Crippen molar-refractivity contribution >= 4 is 23.5 Å². The molecule has 0 amide bonds. The molecule has 44 heavy (non-hydrogen) atoms. The van der Waals surface area contributed by atoms with Crippen molar-refractivity contribution in [2.45, 2.75) is 31.5 Å². The van der Waals surface area contributed by atoms with Gasteiger partial charge in [-0.25, -0.2) is 19.2 Å². The number of esters is 3. The van der Waals surface area contributed by atoms with Gasteiger partial charge in [-0.05, 0) is 48.9 Å². The number of aromatic amines is 1. The van der Waals surface area contributed by atoms with Crippen molar-refractivity contribution < 1.29 is 33.3 Å². The molecule has 11 heteroatoms. The molecule has 1 saturated heterocycles. The lowest BCUT2D eigenvalue weighted by Gasteiger charge is -2.25. The minimum absolute atomic E-state index is 0.0816. The number of hydrogen-bond donors (Lipinski definition) is 1. The number of H-pyrrole nitrogens is 1. The Balaban J connectivity index is 1.55. The first-order valence-electron chi connectivity index (χ1n) is 13.6. The molecule has 224 valence electrons. The number of aromatic nitrogens is 2. The lowest BCUT2D eigenvalue weighted by atomic mass is 10.1. The summed E-state index contributed by atoms with van der Waals surface area (Å²) in [6.07, 6.45) is -4.14. The van der Waals surface area contributed by atoms with E-state index >= 15 is 0 Å². The van der Waals surface area contributed by atoms with Crippen LogP contribution in [0.5, 0.6) is 0 Å². The molecule has 0 bridgehead atoms. The summed E-state index contributed by atoms with van der Waals surface area (Å²) in [4.78, 5) is 67.1. The lowest BCUT2D eigenvalue weighted by Crippen LogP contribution is -2.43. The number of benzene rings is 3. The number of nitrogens with one attached hydrogen (secondary N) is 1. The summed E-state index contributed by atoms with van der Waals surface area (Å²) in [7, 11) is 0. The number of carbonyl (C=O) groups excluding carboxylic acids is 3. The third-order valence-corrected chi connectivity index (χ3v) is 6.88. The standard InChI is InChI=1S/C33H28N2O9/c1-20(2)24-18-35(33(40)34-28(24)36)29-27(44-32(39)23-16-10-5-11-17-23)26(43-31(38)22-14-8-4-9-15-22)25(42-29)19-41-30(37)21-12-6-3-7-13-21/h3-18,25-27,29H,1,19H2,2H3,(H,34,36,40)/t25-,26-,27-,29-/m1/s1. The van der Waals surface area contributed by atoms with Gasteiger partial charge in [0.25, 0.3) is 5.56 Å². The van der Waals surface area contributed by atoms with Gasteiger partial charge in [-0.2, -0.15) is 0 Å². The zero-order valence-electron chi connectivity index (χ0n) is 23.6. The third-order valence-electron chi connectivity index (χ3n) is 6.88. The van der Waals surface area contributed by atoms with E-state index in [1.165, 1.54) is 30.5 Å². The minimum Gasteiger partial charge on any atom is -0.459 e. The smallest absolute Gasteiger partial charge is 0.338 e. The van der Waals surface area contributed by atoms with Crippen LogP contribution in [0.2, 0.25) is 0 Å². The Labute approximate surface area is 251 Å². The van der Waals surface area contributed by atoms with Crippen LogP contribution in [-0.2, 0) is 18.9 Å². The third kappa shape index (κ3) is 6.58. The average Bonchev–Trinajstić information content (AvgIpc) is 3.36. The van der Waals surface area contributed by atoms with E-state index < -0.39 is 60.3 Å². The van der Waals surface area contributed by atoms with Crippen molar-refractivity contribution in [3.05, 3.63) is 147 Å². The molecule has 0 spiro atoms. The molecule has 4 atom stereocenters. The molecule has 1 aliphatic rings. The van der Waals surface area contributed by atoms with E-state index in [1.54, 1.807) is 73.7 Å². The molecule has 1 fully saturated rings. The Morgan fingerprint density at radius 1 is 0.773 bits per heavy atom. The molecule has 0 aliphatic carbocycles. The molecule has 1 aromatic heterocycles. The van der Waals surface area contributed by atoms with Gasteiger partial charge in [0.15, 0.2) is 18.4 Å². The van der Waals surface area contributed by atoms with Crippen LogP contribution in [0.3, 0.4) is 0 Å². The van der Waals surface area contributed by atoms with Crippen LogP contribution in [0.15, 0.2) is 113 Å². The Morgan fingerprint density at radius 2 is 1.25 bits per heavy atom. The summed E-state index contributed by atoms with van der Waals surface area (Å²) in [6.45, 7) is 4.94. The highest BCUT2D eigenvalue weighted by Crippen LogP contribution is 2.35. The molecule has 11 nitrogen and oxygen atoms in total. The predicted molar refractivity (Wildman–Crippen MR) is 158 cm³/mol. The van der Waals surface area contributed by atoms with Gasteiger partial charge in [0.2, 0.25) is 0 Å². The highest BCUT2D eigenvalue weighted by Gasteiger charge is 2.51. The van der Waals surface area contributed by atoms with E-state index in [2.05, 4.69) is 11.6 Å². The van der Waals surface area contributed by atoms with Gasteiger partial charge in [0.05, 0.1) is 22.3 Å². The first kappa shape index (κ1) is 29.9. The van der Waals surface area contributed by atoms with Crippen molar-refractivity contribution in [1.29, 1.82) is 0 Å². The molecule has 1 N–H and O–H groups in total. The van der Waals surface area contributed by atoms with Crippen LogP contribution in [0, 0.1) is 0 Å². The second-order valence-electron chi connectivity index (χ2n) is 9.99. The zero-order valence-corrected chi connectivity index (χ0v) is 23.6. The molecular weight excluding hydrogens is 568 g/mol. The van der Waals surface area contributed by atoms with E-state index in [-0.39, 0.29) is 22.3 Å². The molecule has 0 saturated carbocycles. The topological polar surface area (TPSA) is 143 Å². The van der Waals surface area contributed by atoms with Gasteiger partial charge in [-0.3, -0.25) is 14.3 Å². The van der Waals surface area contributed by atoms with Crippen LogP contribution < -0.4 is 11.2 Å². The molecule has 3 aromatic carbocycles. The molecule has 2 heterocycles.